The first-order chi connectivity index (χ1) is 13.9. The van der Waals surface area contributed by atoms with E-state index in [0.717, 1.165) is 24.5 Å². The lowest BCUT2D eigenvalue weighted by Gasteiger charge is -2.12. The van der Waals surface area contributed by atoms with Crippen molar-refractivity contribution in [3.05, 3.63) is 95.8 Å². The molecule has 4 nitrogen and oxygen atoms in total. The molecule has 0 saturated carbocycles. The van der Waals surface area contributed by atoms with Crippen molar-refractivity contribution in [1.29, 1.82) is 0 Å². The van der Waals surface area contributed by atoms with Crippen molar-refractivity contribution in [2.24, 2.45) is 5.10 Å². The molecular formula is C21H14Br3ClN2O2. The molecule has 0 bridgehead atoms. The Labute approximate surface area is 198 Å². The number of carbonyl (C=O) groups excluding carboxylic acids is 1. The van der Waals surface area contributed by atoms with E-state index in [-0.39, 0.29) is 5.91 Å². The highest BCUT2D eigenvalue weighted by Gasteiger charge is 2.10. The minimum Gasteiger partial charge on any atom is -0.486 e. The Morgan fingerprint density at radius 1 is 1.03 bits per heavy atom. The number of carbonyl (C=O) groups is 1. The quantitative estimate of drug-likeness (QED) is 0.245. The molecule has 0 unspecified atom stereocenters. The highest BCUT2D eigenvalue weighted by molar-refractivity contribution is 9.11. The highest BCUT2D eigenvalue weighted by atomic mass is 79.9. The number of benzene rings is 3. The van der Waals surface area contributed by atoms with E-state index in [2.05, 4.69) is 58.3 Å². The Morgan fingerprint density at radius 2 is 1.69 bits per heavy atom. The van der Waals surface area contributed by atoms with Crippen molar-refractivity contribution in [2.45, 2.75) is 6.61 Å². The molecule has 1 N–H and O–H groups in total. The minimum atomic E-state index is -0.286. The molecule has 29 heavy (non-hydrogen) atoms. The first kappa shape index (κ1) is 22.0. The van der Waals surface area contributed by atoms with Crippen LogP contribution in [0, 0.1) is 0 Å². The van der Waals surface area contributed by atoms with E-state index in [1.807, 2.05) is 36.4 Å². The van der Waals surface area contributed by atoms with Crippen molar-refractivity contribution in [2.75, 3.05) is 0 Å². The number of hydrogen-bond donors (Lipinski definition) is 1. The average Bonchev–Trinajstić information content (AvgIpc) is 2.69. The van der Waals surface area contributed by atoms with Crippen LogP contribution in [0.15, 0.2) is 79.2 Å². The van der Waals surface area contributed by atoms with Gasteiger partial charge in [-0.15, -0.1) is 0 Å². The normalized spacial score (nSPS) is 10.9. The van der Waals surface area contributed by atoms with Crippen LogP contribution in [0.4, 0.5) is 0 Å². The molecule has 3 aromatic carbocycles. The van der Waals surface area contributed by atoms with E-state index in [1.165, 1.54) is 0 Å². The molecule has 3 aromatic rings. The van der Waals surface area contributed by atoms with Crippen LogP contribution in [-0.4, -0.2) is 12.1 Å². The fourth-order valence-electron chi connectivity index (χ4n) is 2.39. The Bertz CT molecular complexity index is 1030. The summed E-state index contributed by atoms with van der Waals surface area (Å²) in [5, 5.41) is 4.68. The van der Waals surface area contributed by atoms with Crippen LogP contribution in [0.1, 0.15) is 21.5 Å². The summed E-state index contributed by atoms with van der Waals surface area (Å²) in [5.41, 5.74) is 4.72. The molecule has 0 fully saturated rings. The van der Waals surface area contributed by atoms with E-state index in [4.69, 9.17) is 16.3 Å². The van der Waals surface area contributed by atoms with Crippen LogP contribution in [0.2, 0.25) is 5.02 Å². The third kappa shape index (κ3) is 6.15. The van der Waals surface area contributed by atoms with Crippen LogP contribution in [0.25, 0.3) is 0 Å². The van der Waals surface area contributed by atoms with Crippen molar-refractivity contribution in [1.82, 2.24) is 5.43 Å². The molecule has 148 valence electrons. The second kappa shape index (κ2) is 10.4. The average molecular weight is 602 g/mol. The number of halogens is 4. The summed E-state index contributed by atoms with van der Waals surface area (Å²) < 4.78 is 8.31. The van der Waals surface area contributed by atoms with Crippen LogP contribution in [-0.2, 0) is 6.61 Å². The molecular weight excluding hydrogens is 587 g/mol. The van der Waals surface area contributed by atoms with Gasteiger partial charge in [-0.3, -0.25) is 4.79 Å². The van der Waals surface area contributed by atoms with Gasteiger partial charge in [0, 0.05) is 20.6 Å². The van der Waals surface area contributed by atoms with Gasteiger partial charge >= 0.3 is 0 Å². The van der Waals surface area contributed by atoms with Gasteiger partial charge in [0.2, 0.25) is 0 Å². The van der Waals surface area contributed by atoms with E-state index in [0.29, 0.717) is 22.9 Å². The van der Waals surface area contributed by atoms with Crippen LogP contribution in [0.3, 0.4) is 0 Å². The van der Waals surface area contributed by atoms with Gasteiger partial charge in [0.15, 0.2) is 0 Å². The maximum atomic E-state index is 12.1. The van der Waals surface area contributed by atoms with Gasteiger partial charge in [0.05, 0.1) is 15.2 Å². The Hall–Kier alpha value is -1.67. The number of nitrogens with one attached hydrogen (secondary N) is 1. The predicted molar refractivity (Wildman–Crippen MR) is 127 cm³/mol. The maximum absolute atomic E-state index is 12.1. The monoisotopic (exact) mass is 598 g/mol. The van der Waals surface area contributed by atoms with E-state index < -0.39 is 0 Å². The predicted octanol–water partition coefficient (Wildman–Crippen LogP) is 6.97. The molecule has 0 radical (unpaired) electrons. The van der Waals surface area contributed by atoms with Crippen molar-refractivity contribution < 1.29 is 9.53 Å². The van der Waals surface area contributed by atoms with Crippen molar-refractivity contribution in [3.63, 3.8) is 0 Å². The van der Waals surface area contributed by atoms with Gasteiger partial charge in [-0.25, -0.2) is 5.43 Å². The summed E-state index contributed by atoms with van der Waals surface area (Å²) in [7, 11) is 0. The summed E-state index contributed by atoms with van der Waals surface area (Å²) in [4.78, 5) is 12.1. The molecule has 0 heterocycles. The second-order valence-corrected chi connectivity index (χ2v) is 8.93. The SMILES string of the molecule is O=C(N/N=C\c1cc(Br)c(OCc2ccccc2Cl)c(Br)c1)c1ccc(Br)cc1. The molecule has 0 aromatic heterocycles. The number of hydrogen-bond acceptors (Lipinski definition) is 3. The van der Waals surface area contributed by atoms with Crippen molar-refractivity contribution in [3.8, 4) is 5.75 Å². The van der Waals surface area contributed by atoms with Gasteiger partial charge in [-0.1, -0.05) is 45.7 Å². The van der Waals surface area contributed by atoms with Gasteiger partial charge in [-0.2, -0.15) is 5.10 Å². The van der Waals surface area contributed by atoms with Crippen LogP contribution < -0.4 is 10.2 Å². The second-order valence-electron chi connectivity index (χ2n) is 5.90. The van der Waals surface area contributed by atoms with Crippen LogP contribution >= 0.6 is 59.4 Å². The third-order valence-electron chi connectivity index (χ3n) is 3.84. The summed E-state index contributed by atoms with van der Waals surface area (Å²) in [6.07, 6.45) is 1.56. The first-order valence-electron chi connectivity index (χ1n) is 8.38. The van der Waals surface area contributed by atoms with E-state index in [1.54, 1.807) is 30.5 Å². The molecule has 0 aliphatic carbocycles. The zero-order chi connectivity index (χ0) is 20.8. The number of nitrogens with zero attached hydrogens (tertiary/aromatic N) is 1. The lowest BCUT2D eigenvalue weighted by molar-refractivity contribution is 0.0955. The topological polar surface area (TPSA) is 50.7 Å². The molecule has 0 aliphatic heterocycles. The summed E-state index contributed by atoms with van der Waals surface area (Å²) in [6, 6.07) is 18.3. The summed E-state index contributed by atoms with van der Waals surface area (Å²) >= 11 is 16.5. The van der Waals surface area contributed by atoms with Gasteiger partial charge in [0.25, 0.3) is 5.91 Å². The van der Waals surface area contributed by atoms with Gasteiger partial charge < -0.3 is 4.74 Å². The molecule has 1 amide bonds. The van der Waals surface area contributed by atoms with E-state index in [9.17, 15) is 4.79 Å². The zero-order valence-corrected chi connectivity index (χ0v) is 20.3. The molecule has 0 atom stereocenters. The molecule has 0 aliphatic rings. The van der Waals surface area contributed by atoms with Gasteiger partial charge in [-0.05, 0) is 79.9 Å². The number of ether oxygens (including phenoxy) is 1. The Balaban J connectivity index is 1.65. The smallest absolute Gasteiger partial charge is 0.271 e. The lowest BCUT2D eigenvalue weighted by atomic mass is 10.2. The summed E-state index contributed by atoms with van der Waals surface area (Å²) in [5.74, 6) is 0.368. The van der Waals surface area contributed by atoms with Gasteiger partial charge in [0.1, 0.15) is 12.4 Å². The molecule has 0 spiro atoms. The molecule has 0 saturated heterocycles. The summed E-state index contributed by atoms with van der Waals surface area (Å²) in [6.45, 7) is 0.341. The maximum Gasteiger partial charge on any atom is 0.271 e. The minimum absolute atomic E-state index is 0.286. The van der Waals surface area contributed by atoms with Crippen LogP contribution in [0.5, 0.6) is 5.75 Å². The standard InChI is InChI=1S/C21H14Br3ClN2O2/c22-16-7-5-14(6-8-16)21(28)27-26-11-13-9-17(23)20(18(24)10-13)29-12-15-3-1-2-4-19(15)25/h1-11H,12H2,(H,27,28)/b26-11-. The number of amides is 1. The number of rotatable bonds is 6. The largest absolute Gasteiger partial charge is 0.486 e. The number of hydrazone groups is 1. The molecule has 8 heteroatoms. The highest BCUT2D eigenvalue weighted by Crippen LogP contribution is 2.35. The van der Waals surface area contributed by atoms with E-state index >= 15 is 0 Å². The fourth-order valence-corrected chi connectivity index (χ4v) is 4.29. The Morgan fingerprint density at radius 3 is 2.34 bits per heavy atom. The lowest BCUT2D eigenvalue weighted by Crippen LogP contribution is -2.17. The molecule has 3 rings (SSSR count). The fraction of sp³-hybridized carbons (Fsp3) is 0.0476. The Kier molecular flexibility index (Phi) is 7.89. The third-order valence-corrected chi connectivity index (χ3v) is 5.91. The first-order valence-corrected chi connectivity index (χ1v) is 11.1. The zero-order valence-electron chi connectivity index (χ0n) is 14.8. The van der Waals surface area contributed by atoms with Crippen molar-refractivity contribution >= 4 is 71.5 Å².